The second-order valence-electron chi connectivity index (χ2n) is 7.08. The highest BCUT2D eigenvalue weighted by atomic mass is 19.1. The number of amides is 2. The van der Waals surface area contributed by atoms with E-state index in [-0.39, 0.29) is 23.5 Å². The fourth-order valence-corrected chi connectivity index (χ4v) is 3.39. The van der Waals surface area contributed by atoms with Gasteiger partial charge in [-0.05, 0) is 29.2 Å². The van der Waals surface area contributed by atoms with Gasteiger partial charge in [0, 0.05) is 32.6 Å². The topological polar surface area (TPSA) is 40.6 Å². The zero-order valence-corrected chi connectivity index (χ0v) is 15.6. The zero-order chi connectivity index (χ0) is 19.2. The highest BCUT2D eigenvalue weighted by Gasteiger charge is 2.25. The van der Waals surface area contributed by atoms with Gasteiger partial charge in [-0.1, -0.05) is 49.4 Å². The number of carbonyl (C=O) groups is 2. The molecule has 1 atom stereocenters. The number of hydrogen-bond donors (Lipinski definition) is 0. The van der Waals surface area contributed by atoms with Crippen LogP contribution < -0.4 is 0 Å². The molecule has 0 spiro atoms. The van der Waals surface area contributed by atoms with E-state index in [1.54, 1.807) is 12.1 Å². The van der Waals surface area contributed by atoms with E-state index >= 15 is 0 Å². The van der Waals surface area contributed by atoms with Crippen LogP contribution >= 0.6 is 0 Å². The van der Waals surface area contributed by atoms with Crippen LogP contribution in [0.5, 0.6) is 0 Å². The van der Waals surface area contributed by atoms with Crippen LogP contribution in [0.2, 0.25) is 0 Å². The van der Waals surface area contributed by atoms with Crippen molar-refractivity contribution in [3.8, 4) is 0 Å². The third-order valence-electron chi connectivity index (χ3n) is 5.10. The molecule has 2 aromatic rings. The van der Waals surface area contributed by atoms with E-state index in [2.05, 4.69) is 0 Å². The van der Waals surface area contributed by atoms with Crippen molar-refractivity contribution in [1.29, 1.82) is 0 Å². The maximum absolute atomic E-state index is 13.0. The summed E-state index contributed by atoms with van der Waals surface area (Å²) in [4.78, 5) is 28.7. The molecule has 27 heavy (non-hydrogen) atoms. The first-order chi connectivity index (χ1) is 13.0. The van der Waals surface area contributed by atoms with Crippen LogP contribution in [0.4, 0.5) is 4.39 Å². The van der Waals surface area contributed by atoms with Gasteiger partial charge in [0.05, 0.1) is 6.42 Å². The number of rotatable bonds is 5. The Kier molecular flexibility index (Phi) is 6.22. The number of halogens is 1. The second-order valence-corrected chi connectivity index (χ2v) is 7.08. The van der Waals surface area contributed by atoms with Crippen molar-refractivity contribution in [3.05, 3.63) is 71.5 Å². The summed E-state index contributed by atoms with van der Waals surface area (Å²) in [5, 5.41) is 0. The lowest BCUT2D eigenvalue weighted by Crippen LogP contribution is -2.51. The minimum Gasteiger partial charge on any atom is -0.339 e. The predicted octanol–water partition coefficient (Wildman–Crippen LogP) is 3.23. The Labute approximate surface area is 159 Å². The number of benzene rings is 2. The van der Waals surface area contributed by atoms with Gasteiger partial charge in [0.1, 0.15) is 5.82 Å². The van der Waals surface area contributed by atoms with E-state index < -0.39 is 0 Å². The van der Waals surface area contributed by atoms with Crippen molar-refractivity contribution in [2.24, 2.45) is 0 Å². The molecular formula is C22H25FN2O2. The van der Waals surface area contributed by atoms with E-state index in [1.807, 2.05) is 47.1 Å². The molecule has 0 radical (unpaired) electrons. The fraction of sp³-hybridized carbons (Fsp3) is 0.364. The summed E-state index contributed by atoms with van der Waals surface area (Å²) in [7, 11) is 0. The number of hydrogen-bond acceptors (Lipinski definition) is 2. The summed E-state index contributed by atoms with van der Waals surface area (Å²) < 4.78 is 13.0. The van der Waals surface area contributed by atoms with Gasteiger partial charge >= 0.3 is 0 Å². The van der Waals surface area contributed by atoms with E-state index in [0.717, 1.165) is 11.1 Å². The Morgan fingerprint density at radius 2 is 1.44 bits per heavy atom. The number of nitrogens with zero attached hydrogens (tertiary/aromatic N) is 2. The van der Waals surface area contributed by atoms with Gasteiger partial charge in [-0.3, -0.25) is 9.59 Å². The minimum absolute atomic E-state index is 0.0378. The van der Waals surface area contributed by atoms with E-state index in [1.165, 1.54) is 12.1 Å². The Morgan fingerprint density at radius 1 is 0.889 bits per heavy atom. The smallest absolute Gasteiger partial charge is 0.227 e. The SMILES string of the molecule is CC(CC(=O)N1CCN(C(=O)Cc2ccccc2)CC1)c1ccc(F)cc1. The Bertz CT molecular complexity index is 769. The van der Waals surface area contributed by atoms with Gasteiger partial charge in [0.25, 0.3) is 0 Å². The molecule has 0 aliphatic carbocycles. The molecule has 2 aromatic carbocycles. The quantitative estimate of drug-likeness (QED) is 0.813. The molecule has 2 amide bonds. The summed E-state index contributed by atoms with van der Waals surface area (Å²) in [6.45, 7) is 4.25. The maximum atomic E-state index is 13.0. The summed E-state index contributed by atoms with van der Waals surface area (Å²) >= 11 is 0. The summed E-state index contributed by atoms with van der Waals surface area (Å²) in [6.07, 6.45) is 0.792. The summed E-state index contributed by atoms with van der Waals surface area (Å²) in [6, 6.07) is 16.0. The first-order valence-electron chi connectivity index (χ1n) is 9.38. The van der Waals surface area contributed by atoms with Crippen molar-refractivity contribution in [2.45, 2.75) is 25.7 Å². The van der Waals surface area contributed by atoms with Crippen molar-refractivity contribution >= 4 is 11.8 Å². The molecule has 5 heteroatoms. The molecule has 142 valence electrons. The van der Waals surface area contributed by atoms with Crippen LogP contribution in [0.25, 0.3) is 0 Å². The van der Waals surface area contributed by atoms with Crippen molar-refractivity contribution in [3.63, 3.8) is 0 Å². The molecule has 1 heterocycles. The van der Waals surface area contributed by atoms with Gasteiger partial charge in [0.2, 0.25) is 11.8 Å². The van der Waals surface area contributed by atoms with Crippen molar-refractivity contribution < 1.29 is 14.0 Å². The lowest BCUT2D eigenvalue weighted by Gasteiger charge is -2.35. The standard InChI is InChI=1S/C22H25FN2O2/c1-17(19-7-9-20(23)10-8-19)15-21(26)24-11-13-25(14-12-24)22(27)16-18-5-3-2-4-6-18/h2-10,17H,11-16H2,1H3. The molecule has 1 saturated heterocycles. The Morgan fingerprint density at radius 3 is 2.04 bits per heavy atom. The molecule has 0 N–H and O–H groups in total. The van der Waals surface area contributed by atoms with E-state index in [0.29, 0.717) is 39.0 Å². The fourth-order valence-electron chi connectivity index (χ4n) is 3.39. The molecule has 0 aromatic heterocycles. The average Bonchev–Trinajstić information content (AvgIpc) is 2.69. The van der Waals surface area contributed by atoms with E-state index in [4.69, 9.17) is 0 Å². The normalized spacial score (nSPS) is 15.5. The van der Waals surface area contributed by atoms with Gasteiger partial charge in [0.15, 0.2) is 0 Å². The maximum Gasteiger partial charge on any atom is 0.227 e. The first kappa shape index (κ1) is 19.1. The van der Waals surface area contributed by atoms with Crippen LogP contribution in [0, 0.1) is 5.82 Å². The molecule has 1 fully saturated rings. The van der Waals surface area contributed by atoms with Gasteiger partial charge in [-0.15, -0.1) is 0 Å². The average molecular weight is 368 g/mol. The summed E-state index contributed by atoms with van der Waals surface area (Å²) in [5.74, 6) is -0.0422. The van der Waals surface area contributed by atoms with Crippen LogP contribution in [0.1, 0.15) is 30.4 Å². The van der Waals surface area contributed by atoms with Crippen LogP contribution in [-0.4, -0.2) is 47.8 Å². The molecule has 1 unspecified atom stereocenters. The molecule has 0 bridgehead atoms. The lowest BCUT2D eigenvalue weighted by molar-refractivity contribution is -0.139. The Balaban J connectivity index is 1.47. The second kappa shape index (κ2) is 8.80. The first-order valence-corrected chi connectivity index (χ1v) is 9.38. The third kappa shape index (κ3) is 5.16. The van der Waals surface area contributed by atoms with Crippen LogP contribution in [0.3, 0.4) is 0 Å². The van der Waals surface area contributed by atoms with Gasteiger partial charge in [-0.25, -0.2) is 4.39 Å². The molecule has 3 rings (SSSR count). The van der Waals surface area contributed by atoms with Crippen molar-refractivity contribution in [2.75, 3.05) is 26.2 Å². The number of carbonyl (C=O) groups excluding carboxylic acids is 2. The van der Waals surface area contributed by atoms with Gasteiger partial charge in [-0.2, -0.15) is 0 Å². The molecule has 4 nitrogen and oxygen atoms in total. The van der Waals surface area contributed by atoms with Crippen molar-refractivity contribution in [1.82, 2.24) is 9.80 Å². The lowest BCUT2D eigenvalue weighted by atomic mass is 9.97. The largest absolute Gasteiger partial charge is 0.339 e. The minimum atomic E-state index is -0.270. The third-order valence-corrected chi connectivity index (χ3v) is 5.10. The Hall–Kier alpha value is -2.69. The zero-order valence-electron chi connectivity index (χ0n) is 15.6. The number of piperazine rings is 1. The predicted molar refractivity (Wildman–Crippen MR) is 103 cm³/mol. The monoisotopic (exact) mass is 368 g/mol. The molecule has 1 aliphatic rings. The van der Waals surface area contributed by atoms with E-state index in [9.17, 15) is 14.0 Å². The highest BCUT2D eigenvalue weighted by Crippen LogP contribution is 2.21. The molecular weight excluding hydrogens is 343 g/mol. The van der Waals surface area contributed by atoms with Crippen LogP contribution in [-0.2, 0) is 16.0 Å². The summed E-state index contributed by atoms with van der Waals surface area (Å²) in [5.41, 5.74) is 1.97. The molecule has 1 aliphatic heterocycles. The molecule has 0 saturated carbocycles. The highest BCUT2D eigenvalue weighted by molar-refractivity contribution is 5.80. The van der Waals surface area contributed by atoms with Crippen LogP contribution in [0.15, 0.2) is 54.6 Å². The van der Waals surface area contributed by atoms with Gasteiger partial charge < -0.3 is 9.80 Å².